The number of carbonyl (C=O) groups is 1. The van der Waals surface area contributed by atoms with E-state index in [2.05, 4.69) is 14.9 Å². The molecular formula is C18H30Cl2N4O4S. The van der Waals surface area contributed by atoms with Gasteiger partial charge in [0.15, 0.2) is 0 Å². The summed E-state index contributed by atoms with van der Waals surface area (Å²) >= 11 is 0. The van der Waals surface area contributed by atoms with Crippen LogP contribution in [-0.4, -0.2) is 89.7 Å². The quantitative estimate of drug-likeness (QED) is 0.568. The molecule has 2 N–H and O–H groups in total. The number of benzene rings is 1. The first-order chi connectivity index (χ1) is 13.1. The van der Waals surface area contributed by atoms with E-state index in [1.54, 1.807) is 17.0 Å². The Kier molecular flexibility index (Phi) is 11.4. The SMILES string of the molecule is Cl.Cl.O=C(c1ccc(S(=O)(=O)NCCCN2CCNCC2)cc1)N1CCOCC1. The average molecular weight is 469 g/mol. The minimum absolute atomic E-state index is 0. The lowest BCUT2D eigenvalue weighted by Gasteiger charge is -2.27. The lowest BCUT2D eigenvalue weighted by molar-refractivity contribution is 0.0303. The lowest BCUT2D eigenvalue weighted by Crippen LogP contribution is -2.44. The predicted octanol–water partition coefficient (Wildman–Crippen LogP) is 0.576. The minimum Gasteiger partial charge on any atom is -0.378 e. The van der Waals surface area contributed by atoms with Gasteiger partial charge in [0.05, 0.1) is 18.1 Å². The van der Waals surface area contributed by atoms with Crippen LogP contribution < -0.4 is 10.0 Å². The Labute approximate surface area is 185 Å². The van der Waals surface area contributed by atoms with Crippen molar-refractivity contribution in [3.63, 3.8) is 0 Å². The van der Waals surface area contributed by atoms with Crippen LogP contribution in [0.1, 0.15) is 16.8 Å². The van der Waals surface area contributed by atoms with Crippen molar-refractivity contribution in [1.29, 1.82) is 0 Å². The van der Waals surface area contributed by atoms with Crippen molar-refractivity contribution in [3.8, 4) is 0 Å². The number of carbonyl (C=O) groups excluding carboxylic acids is 1. The van der Waals surface area contributed by atoms with Crippen LogP contribution in [0.2, 0.25) is 0 Å². The third-order valence-electron chi connectivity index (χ3n) is 4.86. The Bertz CT molecular complexity index is 722. The van der Waals surface area contributed by atoms with Gasteiger partial charge in [0.25, 0.3) is 5.91 Å². The van der Waals surface area contributed by atoms with Gasteiger partial charge in [-0.1, -0.05) is 0 Å². The number of nitrogens with one attached hydrogen (secondary N) is 2. The molecule has 0 spiro atoms. The van der Waals surface area contributed by atoms with Gasteiger partial charge in [0.1, 0.15) is 0 Å². The zero-order chi connectivity index (χ0) is 19.1. The lowest BCUT2D eigenvalue weighted by atomic mass is 10.2. The maximum absolute atomic E-state index is 12.4. The number of hydrogen-bond donors (Lipinski definition) is 2. The molecule has 166 valence electrons. The molecule has 0 unspecified atom stereocenters. The zero-order valence-corrected chi connectivity index (χ0v) is 18.8. The Morgan fingerprint density at radius 2 is 1.66 bits per heavy atom. The van der Waals surface area contributed by atoms with Gasteiger partial charge in [-0.25, -0.2) is 13.1 Å². The third-order valence-corrected chi connectivity index (χ3v) is 6.34. The fourth-order valence-electron chi connectivity index (χ4n) is 3.25. The molecule has 0 bridgehead atoms. The van der Waals surface area contributed by atoms with E-state index in [1.165, 1.54) is 12.1 Å². The van der Waals surface area contributed by atoms with Crippen LogP contribution in [0, 0.1) is 0 Å². The van der Waals surface area contributed by atoms with Crippen LogP contribution in [-0.2, 0) is 14.8 Å². The molecular weight excluding hydrogens is 439 g/mol. The van der Waals surface area contributed by atoms with E-state index in [0.29, 0.717) is 38.4 Å². The number of hydrogen-bond acceptors (Lipinski definition) is 6. The molecule has 0 saturated carbocycles. The van der Waals surface area contributed by atoms with Crippen molar-refractivity contribution in [1.82, 2.24) is 19.8 Å². The van der Waals surface area contributed by atoms with Gasteiger partial charge in [-0.2, -0.15) is 0 Å². The van der Waals surface area contributed by atoms with Crippen LogP contribution in [0.3, 0.4) is 0 Å². The number of rotatable bonds is 7. The van der Waals surface area contributed by atoms with E-state index >= 15 is 0 Å². The zero-order valence-electron chi connectivity index (χ0n) is 16.3. The Hall–Kier alpha value is -0.940. The molecule has 11 heteroatoms. The van der Waals surface area contributed by atoms with Gasteiger partial charge in [0, 0.05) is 51.4 Å². The normalized spacial score (nSPS) is 17.9. The monoisotopic (exact) mass is 468 g/mol. The van der Waals surface area contributed by atoms with E-state index in [1.807, 2.05) is 0 Å². The Morgan fingerprint density at radius 1 is 1.03 bits per heavy atom. The van der Waals surface area contributed by atoms with Crippen LogP contribution >= 0.6 is 24.8 Å². The van der Waals surface area contributed by atoms with Crippen molar-refractivity contribution in [2.45, 2.75) is 11.3 Å². The number of halogens is 2. The molecule has 0 radical (unpaired) electrons. The molecule has 2 aliphatic rings. The summed E-state index contributed by atoms with van der Waals surface area (Å²) in [6.45, 7) is 7.48. The fourth-order valence-corrected chi connectivity index (χ4v) is 4.33. The highest BCUT2D eigenvalue weighted by atomic mass is 35.5. The maximum Gasteiger partial charge on any atom is 0.254 e. The number of ether oxygens (including phenoxy) is 1. The second-order valence-corrected chi connectivity index (χ2v) is 8.54. The average Bonchev–Trinajstić information content (AvgIpc) is 2.72. The first kappa shape index (κ1) is 26.1. The summed E-state index contributed by atoms with van der Waals surface area (Å²) in [5.74, 6) is -0.0915. The van der Waals surface area contributed by atoms with Gasteiger partial charge in [-0.15, -0.1) is 24.8 Å². The van der Waals surface area contributed by atoms with E-state index in [0.717, 1.165) is 39.1 Å². The summed E-state index contributed by atoms with van der Waals surface area (Å²) < 4.78 is 32.7. The highest BCUT2D eigenvalue weighted by Crippen LogP contribution is 2.13. The van der Waals surface area contributed by atoms with E-state index in [4.69, 9.17) is 4.74 Å². The molecule has 29 heavy (non-hydrogen) atoms. The van der Waals surface area contributed by atoms with E-state index < -0.39 is 10.0 Å². The molecule has 2 heterocycles. The molecule has 1 aromatic rings. The number of amides is 1. The fraction of sp³-hybridized carbons (Fsp3) is 0.611. The highest BCUT2D eigenvalue weighted by molar-refractivity contribution is 7.89. The molecule has 3 rings (SSSR count). The number of nitrogens with zero attached hydrogens (tertiary/aromatic N) is 2. The molecule has 0 aliphatic carbocycles. The number of sulfonamides is 1. The largest absolute Gasteiger partial charge is 0.378 e. The third kappa shape index (κ3) is 7.67. The summed E-state index contributed by atoms with van der Waals surface area (Å²) in [5, 5.41) is 3.30. The van der Waals surface area contributed by atoms with Gasteiger partial charge in [0.2, 0.25) is 10.0 Å². The predicted molar refractivity (Wildman–Crippen MR) is 117 cm³/mol. The van der Waals surface area contributed by atoms with Crippen molar-refractivity contribution < 1.29 is 17.9 Å². The molecule has 2 saturated heterocycles. The van der Waals surface area contributed by atoms with Gasteiger partial charge in [-0.05, 0) is 37.2 Å². The first-order valence-corrected chi connectivity index (χ1v) is 10.9. The molecule has 8 nitrogen and oxygen atoms in total. The van der Waals surface area contributed by atoms with Crippen LogP contribution in [0.25, 0.3) is 0 Å². The Balaban J connectivity index is 0.00000210. The van der Waals surface area contributed by atoms with Crippen LogP contribution in [0.15, 0.2) is 29.2 Å². The van der Waals surface area contributed by atoms with Crippen molar-refractivity contribution in [3.05, 3.63) is 29.8 Å². The Morgan fingerprint density at radius 3 is 2.28 bits per heavy atom. The van der Waals surface area contributed by atoms with Gasteiger partial charge >= 0.3 is 0 Å². The maximum atomic E-state index is 12.4. The molecule has 1 aromatic carbocycles. The molecule has 2 fully saturated rings. The molecule has 2 aliphatic heterocycles. The van der Waals surface area contributed by atoms with Gasteiger partial charge in [-0.3, -0.25) is 4.79 Å². The second-order valence-electron chi connectivity index (χ2n) is 6.77. The van der Waals surface area contributed by atoms with Crippen LogP contribution in [0.4, 0.5) is 0 Å². The topological polar surface area (TPSA) is 91.0 Å². The summed E-state index contributed by atoms with van der Waals surface area (Å²) in [7, 11) is -3.56. The van der Waals surface area contributed by atoms with Crippen molar-refractivity contribution in [2.75, 3.05) is 65.6 Å². The van der Waals surface area contributed by atoms with Gasteiger partial charge < -0.3 is 19.9 Å². The summed E-state index contributed by atoms with van der Waals surface area (Å²) in [5.41, 5.74) is 0.495. The molecule has 0 aromatic heterocycles. The smallest absolute Gasteiger partial charge is 0.254 e. The van der Waals surface area contributed by atoms with Crippen molar-refractivity contribution in [2.24, 2.45) is 0 Å². The van der Waals surface area contributed by atoms with Crippen LogP contribution in [0.5, 0.6) is 0 Å². The second kappa shape index (κ2) is 12.7. The first-order valence-electron chi connectivity index (χ1n) is 9.46. The minimum atomic E-state index is -3.56. The molecule has 1 amide bonds. The van der Waals surface area contributed by atoms with E-state index in [9.17, 15) is 13.2 Å². The number of morpholine rings is 1. The van der Waals surface area contributed by atoms with Crippen molar-refractivity contribution >= 4 is 40.7 Å². The molecule has 0 atom stereocenters. The summed E-state index contributed by atoms with van der Waals surface area (Å²) in [4.78, 5) is 16.7. The highest BCUT2D eigenvalue weighted by Gasteiger charge is 2.20. The number of piperazine rings is 1. The summed E-state index contributed by atoms with van der Waals surface area (Å²) in [6, 6.07) is 6.14. The van der Waals surface area contributed by atoms with E-state index in [-0.39, 0.29) is 35.6 Å². The standard InChI is InChI=1S/C18H28N4O4S.2ClH/c23-18(22-12-14-26-15-13-22)16-2-4-17(5-3-16)27(24,25)20-6-1-9-21-10-7-19-8-11-21;;/h2-5,19-20H,1,6-15H2;2*1H. The summed E-state index contributed by atoms with van der Waals surface area (Å²) in [6.07, 6.45) is 0.771.